The maximum Gasteiger partial charge on any atom is 0.254 e. The van der Waals surface area contributed by atoms with Crippen molar-refractivity contribution < 1.29 is 9.53 Å². The molecule has 0 unspecified atom stereocenters. The number of rotatable bonds is 2. The molecule has 0 radical (unpaired) electrons. The van der Waals surface area contributed by atoms with Crippen molar-refractivity contribution in [2.75, 3.05) is 19.8 Å². The monoisotopic (exact) mass is 234 g/mol. The molecule has 0 aliphatic carbocycles. The van der Waals surface area contributed by atoms with Crippen LogP contribution >= 0.6 is 0 Å². The van der Waals surface area contributed by atoms with E-state index in [9.17, 15) is 4.79 Å². The molecule has 4 heteroatoms. The summed E-state index contributed by atoms with van der Waals surface area (Å²) in [6.45, 7) is 4.35. The molecule has 1 heterocycles. The first-order valence-corrected chi connectivity index (χ1v) is 5.90. The molecule has 0 aromatic heterocycles. The van der Waals surface area contributed by atoms with E-state index >= 15 is 0 Å². The number of nitrogens with two attached hydrogens (primary N) is 1. The molecule has 1 amide bonds. The molecule has 1 saturated heterocycles. The number of amides is 1. The Labute approximate surface area is 101 Å². The van der Waals surface area contributed by atoms with Crippen molar-refractivity contribution in [2.45, 2.75) is 19.5 Å². The quantitative estimate of drug-likeness (QED) is 0.830. The highest BCUT2D eigenvalue weighted by Gasteiger charge is 2.24. The summed E-state index contributed by atoms with van der Waals surface area (Å²) in [5.41, 5.74) is 7.27. The van der Waals surface area contributed by atoms with Gasteiger partial charge in [-0.15, -0.1) is 0 Å². The molecule has 1 fully saturated rings. The highest BCUT2D eigenvalue weighted by Crippen LogP contribution is 2.13. The lowest BCUT2D eigenvalue weighted by atomic mass is 10.1. The molecule has 1 aromatic rings. The summed E-state index contributed by atoms with van der Waals surface area (Å²) >= 11 is 0. The van der Waals surface area contributed by atoms with E-state index in [0.717, 1.165) is 5.56 Å². The van der Waals surface area contributed by atoms with Crippen molar-refractivity contribution in [1.29, 1.82) is 0 Å². The molecule has 1 aliphatic rings. The number of nitrogens with zero attached hydrogens (tertiary/aromatic N) is 1. The third-order valence-corrected chi connectivity index (χ3v) is 3.04. The fraction of sp³-hybridized carbons (Fsp3) is 0.462. The molecular weight excluding hydrogens is 216 g/mol. The fourth-order valence-corrected chi connectivity index (χ4v) is 2.03. The standard InChI is InChI=1S/C13H18N2O2/c1-10-9-17-6-5-15(10)13(16)12-4-2-3-11(7-12)8-14/h2-4,7,10H,5-6,8-9,14H2,1H3/t10-/m1/s1. The van der Waals surface area contributed by atoms with Crippen LogP contribution in [0.5, 0.6) is 0 Å². The van der Waals surface area contributed by atoms with E-state index in [0.29, 0.717) is 31.9 Å². The van der Waals surface area contributed by atoms with Gasteiger partial charge in [0.25, 0.3) is 5.91 Å². The average molecular weight is 234 g/mol. The predicted octanol–water partition coefficient (Wildman–Crippen LogP) is 1.01. The lowest BCUT2D eigenvalue weighted by Gasteiger charge is -2.33. The van der Waals surface area contributed by atoms with E-state index in [2.05, 4.69) is 0 Å². The molecule has 1 atom stereocenters. The van der Waals surface area contributed by atoms with E-state index in [4.69, 9.17) is 10.5 Å². The van der Waals surface area contributed by atoms with Crippen LogP contribution in [0.25, 0.3) is 0 Å². The second kappa shape index (κ2) is 5.29. The van der Waals surface area contributed by atoms with Crippen LogP contribution in [-0.2, 0) is 11.3 Å². The number of ether oxygens (including phenoxy) is 1. The Balaban J connectivity index is 2.17. The summed E-state index contributed by atoms with van der Waals surface area (Å²) in [6, 6.07) is 7.65. The summed E-state index contributed by atoms with van der Waals surface area (Å²) in [7, 11) is 0. The lowest BCUT2D eigenvalue weighted by molar-refractivity contribution is 0.00359. The maximum atomic E-state index is 12.3. The molecule has 92 valence electrons. The van der Waals surface area contributed by atoms with Crippen LogP contribution in [-0.4, -0.2) is 36.6 Å². The first kappa shape index (κ1) is 12.1. The molecule has 1 aromatic carbocycles. The minimum absolute atomic E-state index is 0.0658. The van der Waals surface area contributed by atoms with Crippen LogP contribution < -0.4 is 5.73 Å². The molecule has 1 aliphatic heterocycles. The van der Waals surface area contributed by atoms with Crippen molar-refractivity contribution in [1.82, 2.24) is 4.90 Å². The fourth-order valence-electron chi connectivity index (χ4n) is 2.03. The van der Waals surface area contributed by atoms with Crippen LogP contribution in [0.1, 0.15) is 22.8 Å². The van der Waals surface area contributed by atoms with E-state index in [1.165, 1.54) is 0 Å². The van der Waals surface area contributed by atoms with Gasteiger partial charge in [-0.2, -0.15) is 0 Å². The Kier molecular flexibility index (Phi) is 3.76. The largest absolute Gasteiger partial charge is 0.377 e. The Morgan fingerprint density at radius 1 is 1.59 bits per heavy atom. The molecule has 17 heavy (non-hydrogen) atoms. The molecule has 2 rings (SSSR count). The Bertz CT molecular complexity index is 406. The van der Waals surface area contributed by atoms with Crippen LogP contribution in [0.15, 0.2) is 24.3 Å². The van der Waals surface area contributed by atoms with Gasteiger partial charge in [-0.3, -0.25) is 4.79 Å². The topological polar surface area (TPSA) is 55.6 Å². The van der Waals surface area contributed by atoms with Gasteiger partial charge in [0.2, 0.25) is 0 Å². The van der Waals surface area contributed by atoms with Gasteiger partial charge in [-0.05, 0) is 24.6 Å². The van der Waals surface area contributed by atoms with Crippen LogP contribution in [0.4, 0.5) is 0 Å². The Morgan fingerprint density at radius 3 is 3.12 bits per heavy atom. The minimum Gasteiger partial charge on any atom is -0.377 e. The second-order valence-electron chi connectivity index (χ2n) is 4.33. The van der Waals surface area contributed by atoms with Gasteiger partial charge in [0.15, 0.2) is 0 Å². The third-order valence-electron chi connectivity index (χ3n) is 3.04. The first-order valence-electron chi connectivity index (χ1n) is 5.90. The van der Waals surface area contributed by atoms with Crippen LogP contribution in [0.3, 0.4) is 0 Å². The average Bonchev–Trinajstić information content (AvgIpc) is 2.38. The second-order valence-corrected chi connectivity index (χ2v) is 4.33. The highest BCUT2D eigenvalue weighted by molar-refractivity contribution is 5.94. The third kappa shape index (κ3) is 2.65. The van der Waals surface area contributed by atoms with Crippen molar-refractivity contribution >= 4 is 5.91 Å². The van der Waals surface area contributed by atoms with Gasteiger partial charge >= 0.3 is 0 Å². The number of hydrogen-bond acceptors (Lipinski definition) is 3. The van der Waals surface area contributed by atoms with Crippen molar-refractivity contribution in [3.63, 3.8) is 0 Å². The molecule has 4 nitrogen and oxygen atoms in total. The van der Waals surface area contributed by atoms with E-state index in [1.54, 1.807) is 0 Å². The van der Waals surface area contributed by atoms with Crippen molar-refractivity contribution in [2.24, 2.45) is 5.73 Å². The van der Waals surface area contributed by atoms with E-state index in [-0.39, 0.29) is 11.9 Å². The smallest absolute Gasteiger partial charge is 0.254 e. The summed E-state index contributed by atoms with van der Waals surface area (Å²) in [4.78, 5) is 14.2. The number of carbonyl (C=O) groups is 1. The maximum absolute atomic E-state index is 12.3. The number of benzene rings is 1. The molecule has 0 saturated carbocycles. The zero-order valence-corrected chi connectivity index (χ0v) is 10.1. The van der Waals surface area contributed by atoms with Crippen LogP contribution in [0.2, 0.25) is 0 Å². The van der Waals surface area contributed by atoms with Gasteiger partial charge in [0.1, 0.15) is 0 Å². The minimum atomic E-state index is 0.0658. The van der Waals surface area contributed by atoms with E-state index in [1.807, 2.05) is 36.1 Å². The summed E-state index contributed by atoms with van der Waals surface area (Å²) in [5, 5.41) is 0. The zero-order chi connectivity index (χ0) is 12.3. The highest BCUT2D eigenvalue weighted by atomic mass is 16.5. The molecule has 0 bridgehead atoms. The van der Waals surface area contributed by atoms with Gasteiger partial charge in [-0.1, -0.05) is 12.1 Å². The first-order chi connectivity index (χ1) is 8.22. The van der Waals surface area contributed by atoms with Gasteiger partial charge in [-0.25, -0.2) is 0 Å². The van der Waals surface area contributed by atoms with Crippen LogP contribution in [0, 0.1) is 0 Å². The number of carbonyl (C=O) groups excluding carboxylic acids is 1. The predicted molar refractivity (Wildman–Crippen MR) is 65.7 cm³/mol. The number of hydrogen-bond donors (Lipinski definition) is 1. The van der Waals surface area contributed by atoms with Gasteiger partial charge in [0.05, 0.1) is 19.3 Å². The Morgan fingerprint density at radius 2 is 2.41 bits per heavy atom. The van der Waals surface area contributed by atoms with Gasteiger partial charge < -0.3 is 15.4 Å². The van der Waals surface area contributed by atoms with Gasteiger partial charge in [0, 0.05) is 18.7 Å². The molecule has 0 spiro atoms. The molecule has 2 N–H and O–H groups in total. The summed E-state index contributed by atoms with van der Waals surface area (Å²) < 4.78 is 5.33. The SMILES string of the molecule is C[C@@H]1COCCN1C(=O)c1cccc(CN)c1. The normalized spacial score (nSPS) is 20.4. The zero-order valence-electron chi connectivity index (χ0n) is 10.1. The Hall–Kier alpha value is -1.39. The lowest BCUT2D eigenvalue weighted by Crippen LogP contribution is -2.47. The van der Waals surface area contributed by atoms with Crippen molar-refractivity contribution in [3.8, 4) is 0 Å². The molecular formula is C13H18N2O2. The van der Waals surface area contributed by atoms with E-state index < -0.39 is 0 Å². The number of morpholine rings is 1. The summed E-state index contributed by atoms with van der Waals surface area (Å²) in [6.07, 6.45) is 0. The van der Waals surface area contributed by atoms with Crippen molar-refractivity contribution in [3.05, 3.63) is 35.4 Å². The summed E-state index contributed by atoms with van der Waals surface area (Å²) in [5.74, 6) is 0.0658.